The van der Waals surface area contributed by atoms with E-state index in [-0.39, 0.29) is 11.3 Å². The Morgan fingerprint density at radius 1 is 0.829 bits per heavy atom. The molecule has 0 aliphatic carbocycles. The number of hydrogen-bond acceptors (Lipinski definition) is 5. The number of hydrogen-bond donors (Lipinski definition) is 0. The molecule has 1 aromatic heterocycles. The molecule has 7 heteroatoms. The highest BCUT2D eigenvalue weighted by atomic mass is 35.5. The van der Waals surface area contributed by atoms with Crippen molar-refractivity contribution in [3.05, 3.63) is 100 Å². The van der Waals surface area contributed by atoms with Crippen LogP contribution >= 0.6 is 11.6 Å². The summed E-state index contributed by atoms with van der Waals surface area (Å²) in [4.78, 5) is 18.2. The first-order chi connectivity index (χ1) is 17.1. The lowest BCUT2D eigenvalue weighted by atomic mass is 10.1. The van der Waals surface area contributed by atoms with Gasteiger partial charge in [0.25, 0.3) is 0 Å². The van der Waals surface area contributed by atoms with E-state index in [1.165, 1.54) is 4.68 Å². The van der Waals surface area contributed by atoms with Crippen LogP contribution in [0.1, 0.15) is 6.42 Å². The highest BCUT2D eigenvalue weighted by Crippen LogP contribution is 2.31. The number of likely N-dealkylation sites (N-methyl/N-ethyl adjacent to an activating group) is 1. The molecule has 3 aromatic carbocycles. The standard InChI is InChI=1S/C28H27ClN4O2/c1-31-16-5-17-32(19-18-31)26-20-30-33(24-12-10-23(29)11-13-24)28(34)27(26)35-25-14-8-22(9-15-25)21-6-3-2-4-7-21/h2-4,6-15,20H,5,16-19H2,1H3. The van der Waals surface area contributed by atoms with Crippen molar-refractivity contribution in [2.75, 3.05) is 38.1 Å². The molecule has 1 fully saturated rings. The minimum Gasteiger partial charge on any atom is -0.449 e. The maximum absolute atomic E-state index is 13.7. The number of halogens is 1. The van der Waals surface area contributed by atoms with E-state index in [9.17, 15) is 4.79 Å². The van der Waals surface area contributed by atoms with E-state index >= 15 is 0 Å². The predicted molar refractivity (Wildman–Crippen MR) is 141 cm³/mol. The summed E-state index contributed by atoms with van der Waals surface area (Å²) < 4.78 is 7.64. The van der Waals surface area contributed by atoms with Crippen LogP contribution in [0.5, 0.6) is 11.5 Å². The molecule has 0 atom stereocenters. The van der Waals surface area contributed by atoms with Gasteiger partial charge in [-0.3, -0.25) is 4.79 Å². The first-order valence-electron chi connectivity index (χ1n) is 11.7. The minimum absolute atomic E-state index is 0.270. The number of benzene rings is 3. The minimum atomic E-state index is -0.311. The molecule has 35 heavy (non-hydrogen) atoms. The van der Waals surface area contributed by atoms with Crippen molar-refractivity contribution in [3.63, 3.8) is 0 Å². The molecule has 6 nitrogen and oxygen atoms in total. The Morgan fingerprint density at radius 2 is 1.54 bits per heavy atom. The van der Waals surface area contributed by atoms with Gasteiger partial charge in [0, 0.05) is 24.7 Å². The van der Waals surface area contributed by atoms with Crippen LogP contribution in [0.2, 0.25) is 5.02 Å². The fraction of sp³-hybridized carbons (Fsp3) is 0.214. The Labute approximate surface area is 210 Å². The smallest absolute Gasteiger partial charge is 0.316 e. The zero-order valence-corrected chi connectivity index (χ0v) is 20.4. The third kappa shape index (κ3) is 5.24. The van der Waals surface area contributed by atoms with Gasteiger partial charge >= 0.3 is 5.56 Å². The van der Waals surface area contributed by atoms with Crippen LogP contribution < -0.4 is 15.2 Å². The van der Waals surface area contributed by atoms with Crippen LogP contribution in [0, 0.1) is 0 Å². The van der Waals surface area contributed by atoms with Gasteiger partial charge in [-0.1, -0.05) is 54.1 Å². The first-order valence-corrected chi connectivity index (χ1v) is 12.1. The fourth-order valence-corrected chi connectivity index (χ4v) is 4.39. The van der Waals surface area contributed by atoms with Gasteiger partial charge in [-0.2, -0.15) is 9.78 Å². The summed E-state index contributed by atoms with van der Waals surface area (Å²) in [5, 5.41) is 5.08. The van der Waals surface area contributed by atoms with Crippen molar-refractivity contribution in [2.45, 2.75) is 6.42 Å². The molecule has 1 aliphatic rings. The highest BCUT2D eigenvalue weighted by Gasteiger charge is 2.22. The van der Waals surface area contributed by atoms with Crippen molar-refractivity contribution in [1.29, 1.82) is 0 Å². The van der Waals surface area contributed by atoms with Gasteiger partial charge in [-0.15, -0.1) is 0 Å². The van der Waals surface area contributed by atoms with Crippen molar-refractivity contribution in [1.82, 2.24) is 14.7 Å². The van der Waals surface area contributed by atoms with Gasteiger partial charge in [0.2, 0.25) is 5.75 Å². The summed E-state index contributed by atoms with van der Waals surface area (Å²) >= 11 is 6.05. The van der Waals surface area contributed by atoms with Gasteiger partial charge in [-0.25, -0.2) is 0 Å². The molecule has 0 spiro atoms. The lowest BCUT2D eigenvalue weighted by Gasteiger charge is -2.25. The zero-order chi connectivity index (χ0) is 24.2. The van der Waals surface area contributed by atoms with Crippen molar-refractivity contribution in [2.24, 2.45) is 0 Å². The topological polar surface area (TPSA) is 50.6 Å². The number of aromatic nitrogens is 2. The van der Waals surface area contributed by atoms with Crippen molar-refractivity contribution < 1.29 is 4.74 Å². The van der Waals surface area contributed by atoms with E-state index in [1.807, 2.05) is 42.5 Å². The Morgan fingerprint density at radius 3 is 2.29 bits per heavy atom. The summed E-state index contributed by atoms with van der Waals surface area (Å²) in [7, 11) is 2.12. The number of rotatable bonds is 5. The molecule has 4 aromatic rings. The number of anilines is 1. The van der Waals surface area contributed by atoms with Crippen molar-refractivity contribution >= 4 is 17.3 Å². The van der Waals surface area contributed by atoms with E-state index in [4.69, 9.17) is 16.3 Å². The normalized spacial score (nSPS) is 14.5. The maximum atomic E-state index is 13.7. The summed E-state index contributed by atoms with van der Waals surface area (Å²) in [6.45, 7) is 3.56. The van der Waals surface area contributed by atoms with Gasteiger partial charge in [0.05, 0.1) is 11.9 Å². The highest BCUT2D eigenvalue weighted by molar-refractivity contribution is 6.30. The molecule has 0 radical (unpaired) electrons. The van der Waals surface area contributed by atoms with Crippen molar-refractivity contribution in [3.8, 4) is 28.3 Å². The summed E-state index contributed by atoms with van der Waals surface area (Å²) in [5.74, 6) is 0.871. The fourth-order valence-electron chi connectivity index (χ4n) is 4.27. The lowest BCUT2D eigenvalue weighted by molar-refractivity contribution is 0.360. The quantitative estimate of drug-likeness (QED) is 0.373. The number of nitrogens with zero attached hydrogens (tertiary/aromatic N) is 4. The van der Waals surface area contributed by atoms with Gasteiger partial charge < -0.3 is 14.5 Å². The second kappa shape index (κ2) is 10.3. The van der Waals surface area contributed by atoms with E-state index < -0.39 is 0 Å². The maximum Gasteiger partial charge on any atom is 0.316 e. The molecular weight excluding hydrogens is 460 g/mol. The third-order valence-corrected chi connectivity index (χ3v) is 6.48. The summed E-state index contributed by atoms with van der Waals surface area (Å²) in [5.41, 5.74) is 3.24. The van der Waals surface area contributed by atoms with E-state index in [1.54, 1.807) is 30.5 Å². The van der Waals surface area contributed by atoms with Crippen LogP contribution in [-0.4, -0.2) is 47.9 Å². The Bertz CT molecular complexity index is 1340. The predicted octanol–water partition coefficient (Wildman–Crippen LogP) is 5.49. The van der Waals surface area contributed by atoms with E-state index in [2.05, 4.69) is 34.1 Å². The molecule has 178 valence electrons. The van der Waals surface area contributed by atoms with Crippen LogP contribution in [0.3, 0.4) is 0 Å². The Kier molecular flexibility index (Phi) is 6.84. The van der Waals surface area contributed by atoms with Gasteiger partial charge in [0.15, 0.2) is 0 Å². The lowest BCUT2D eigenvalue weighted by Crippen LogP contribution is -2.32. The van der Waals surface area contributed by atoms with Gasteiger partial charge in [-0.05, 0) is 67.5 Å². The molecule has 0 amide bonds. The largest absolute Gasteiger partial charge is 0.449 e. The average molecular weight is 487 g/mol. The number of ether oxygens (including phenoxy) is 1. The van der Waals surface area contributed by atoms with Crippen LogP contribution in [-0.2, 0) is 0 Å². The summed E-state index contributed by atoms with van der Waals surface area (Å²) in [6, 6.07) is 25.0. The Balaban J connectivity index is 1.53. The molecule has 0 unspecified atom stereocenters. The SMILES string of the molecule is CN1CCCN(c2cnn(-c3ccc(Cl)cc3)c(=O)c2Oc2ccc(-c3ccccc3)cc2)CC1. The molecule has 0 saturated carbocycles. The molecular formula is C28H27ClN4O2. The molecule has 2 heterocycles. The van der Waals surface area contributed by atoms with Crippen LogP contribution in [0.25, 0.3) is 16.8 Å². The summed E-state index contributed by atoms with van der Waals surface area (Å²) in [6.07, 6.45) is 2.73. The first kappa shape index (κ1) is 23.1. The van der Waals surface area contributed by atoms with Crippen LogP contribution in [0.4, 0.5) is 5.69 Å². The molecule has 1 aliphatic heterocycles. The average Bonchev–Trinajstić information content (AvgIpc) is 3.11. The molecule has 0 bridgehead atoms. The molecule has 1 saturated heterocycles. The molecule has 0 N–H and O–H groups in total. The monoisotopic (exact) mass is 486 g/mol. The third-order valence-electron chi connectivity index (χ3n) is 6.23. The van der Waals surface area contributed by atoms with Gasteiger partial charge in [0.1, 0.15) is 11.4 Å². The second-order valence-electron chi connectivity index (χ2n) is 8.69. The second-order valence-corrected chi connectivity index (χ2v) is 9.13. The Hall–Kier alpha value is -3.61. The van der Waals surface area contributed by atoms with E-state index in [0.717, 1.165) is 43.7 Å². The zero-order valence-electron chi connectivity index (χ0n) is 19.6. The molecule has 5 rings (SSSR count). The van der Waals surface area contributed by atoms with E-state index in [0.29, 0.717) is 22.1 Å². The van der Waals surface area contributed by atoms with Crippen LogP contribution in [0.15, 0.2) is 89.9 Å².